The Labute approximate surface area is 212 Å². The number of likely N-dealkylation sites (N-methyl/N-ethyl adjacent to an activating group) is 2. The lowest BCUT2D eigenvalue weighted by Crippen LogP contribution is -2.68. The molecular formula is C30H34N2O4. The van der Waals surface area contributed by atoms with Gasteiger partial charge in [0.15, 0.2) is 0 Å². The lowest BCUT2D eigenvalue weighted by atomic mass is 9.51. The van der Waals surface area contributed by atoms with Gasteiger partial charge in [0.1, 0.15) is 17.6 Å². The van der Waals surface area contributed by atoms with Crippen LogP contribution in [-0.4, -0.2) is 60.5 Å². The summed E-state index contributed by atoms with van der Waals surface area (Å²) in [4.78, 5) is 29.6. The number of carbonyl (C=O) groups excluding carboxylic acids is 2. The summed E-state index contributed by atoms with van der Waals surface area (Å²) in [5.41, 5.74) is 4.39. The van der Waals surface area contributed by atoms with E-state index in [9.17, 15) is 9.59 Å². The van der Waals surface area contributed by atoms with Gasteiger partial charge in [-0.05, 0) is 75.9 Å². The third-order valence-corrected chi connectivity index (χ3v) is 9.12. The van der Waals surface area contributed by atoms with E-state index in [1.54, 1.807) is 6.08 Å². The number of piperidine rings is 1. The number of aryl methyl sites for hydroxylation is 1. The van der Waals surface area contributed by atoms with E-state index in [-0.39, 0.29) is 29.4 Å². The van der Waals surface area contributed by atoms with Crippen LogP contribution in [0, 0.1) is 12.8 Å². The second-order valence-corrected chi connectivity index (χ2v) is 11.0. The third kappa shape index (κ3) is 3.41. The van der Waals surface area contributed by atoms with Gasteiger partial charge < -0.3 is 19.3 Å². The van der Waals surface area contributed by atoms with Crippen LogP contribution < -0.4 is 9.47 Å². The lowest BCUT2D eigenvalue weighted by Gasteiger charge is -2.59. The largest absolute Gasteiger partial charge is 0.487 e. The first-order valence-electron chi connectivity index (χ1n) is 13.0. The van der Waals surface area contributed by atoms with Gasteiger partial charge in [-0.3, -0.25) is 9.59 Å². The average molecular weight is 487 g/mol. The van der Waals surface area contributed by atoms with Crippen LogP contribution in [0.3, 0.4) is 0 Å². The maximum absolute atomic E-state index is 13.3. The van der Waals surface area contributed by atoms with E-state index in [4.69, 9.17) is 9.47 Å². The Balaban J connectivity index is 1.36. The van der Waals surface area contributed by atoms with Crippen molar-refractivity contribution in [3.05, 3.63) is 64.7 Å². The van der Waals surface area contributed by atoms with Crippen molar-refractivity contribution >= 4 is 18.0 Å². The average Bonchev–Trinajstić information content (AvgIpc) is 3.19. The first kappa shape index (κ1) is 23.3. The normalized spacial score (nSPS) is 30.0. The molecule has 2 bridgehead atoms. The van der Waals surface area contributed by atoms with Gasteiger partial charge in [-0.15, -0.1) is 0 Å². The van der Waals surface area contributed by atoms with E-state index in [0.29, 0.717) is 17.7 Å². The fourth-order valence-corrected chi connectivity index (χ4v) is 7.58. The number of nitrogens with zero attached hydrogens (tertiary/aromatic N) is 2. The van der Waals surface area contributed by atoms with E-state index in [1.165, 1.54) is 18.1 Å². The van der Waals surface area contributed by atoms with Gasteiger partial charge in [0.05, 0.1) is 6.04 Å². The molecule has 188 valence electrons. The van der Waals surface area contributed by atoms with E-state index in [2.05, 4.69) is 31.0 Å². The molecule has 1 amide bonds. The quantitative estimate of drug-likeness (QED) is 0.370. The molecule has 4 aliphatic rings. The van der Waals surface area contributed by atoms with Gasteiger partial charge in [0, 0.05) is 42.6 Å². The van der Waals surface area contributed by atoms with Gasteiger partial charge in [0.25, 0.3) is 0 Å². The smallest absolute Gasteiger partial charge is 0.308 e. The standard InChI is InChI=1S/C30H34N2O4/c1-18-6-5-7-20(16-18)8-13-27(34)32(4)23-10-9-22-24-17-21-25(35-19(2)33)11-12-26-28(21)30(22,29(23)36-26)14-15-31(24)3/h5-8,11-13,16,22-24,29H,9-10,14-15,17H2,1-4H3/t22-,23+,24+,29-,30-/m0/s1. The SMILES string of the molecule is CC(=O)Oc1ccc2c3c1C[C@@H]1[C@@H]4CC[C@@H](N(C)C(=O)C=Cc5cccc(C)c5)[C@H](O2)[C@]34CCN1C. The minimum atomic E-state index is -0.299. The van der Waals surface area contributed by atoms with Crippen molar-refractivity contribution in [1.82, 2.24) is 9.80 Å². The molecule has 0 aromatic heterocycles. The number of hydrogen-bond donors (Lipinski definition) is 0. The number of likely N-dealkylation sites (tertiary alicyclic amines) is 1. The highest BCUT2D eigenvalue weighted by atomic mass is 16.5. The summed E-state index contributed by atoms with van der Waals surface area (Å²) in [7, 11) is 4.12. The minimum absolute atomic E-state index is 0.00275. The first-order chi connectivity index (χ1) is 17.3. The zero-order chi connectivity index (χ0) is 25.2. The van der Waals surface area contributed by atoms with Crippen LogP contribution in [0.25, 0.3) is 6.08 Å². The van der Waals surface area contributed by atoms with Crippen molar-refractivity contribution in [2.45, 2.75) is 63.1 Å². The van der Waals surface area contributed by atoms with Crippen molar-refractivity contribution < 1.29 is 19.1 Å². The number of hydrogen-bond acceptors (Lipinski definition) is 5. The molecule has 36 heavy (non-hydrogen) atoms. The monoisotopic (exact) mass is 486 g/mol. The molecule has 5 atom stereocenters. The maximum atomic E-state index is 13.3. The second kappa shape index (κ2) is 8.48. The highest BCUT2D eigenvalue weighted by molar-refractivity contribution is 5.92. The van der Waals surface area contributed by atoms with Gasteiger partial charge in [-0.25, -0.2) is 0 Å². The topological polar surface area (TPSA) is 59.1 Å². The fourth-order valence-electron chi connectivity index (χ4n) is 7.58. The van der Waals surface area contributed by atoms with Crippen LogP contribution in [-0.2, 0) is 21.4 Å². The van der Waals surface area contributed by atoms with Crippen LogP contribution >= 0.6 is 0 Å². The second-order valence-electron chi connectivity index (χ2n) is 11.0. The number of ether oxygens (including phenoxy) is 2. The van der Waals surface area contributed by atoms with Crippen LogP contribution in [0.1, 0.15) is 48.4 Å². The molecule has 0 radical (unpaired) electrons. The van der Waals surface area contributed by atoms with Crippen LogP contribution in [0.15, 0.2) is 42.5 Å². The zero-order valence-corrected chi connectivity index (χ0v) is 21.5. The fraction of sp³-hybridized carbons (Fsp3) is 0.467. The zero-order valence-electron chi connectivity index (χ0n) is 21.5. The van der Waals surface area contributed by atoms with Gasteiger partial charge in [-0.1, -0.05) is 29.8 Å². The summed E-state index contributed by atoms with van der Waals surface area (Å²) in [6, 6.07) is 12.4. The molecule has 2 fully saturated rings. The number of esters is 1. The van der Waals surface area contributed by atoms with E-state index in [1.807, 2.05) is 42.3 Å². The summed E-state index contributed by atoms with van der Waals surface area (Å²) >= 11 is 0. The third-order valence-electron chi connectivity index (χ3n) is 9.12. The van der Waals surface area contributed by atoms with Crippen molar-refractivity contribution in [3.63, 3.8) is 0 Å². The van der Waals surface area contributed by atoms with E-state index < -0.39 is 0 Å². The Hall–Kier alpha value is -3.12. The number of carbonyl (C=O) groups is 2. The van der Waals surface area contributed by atoms with Crippen LogP contribution in [0.2, 0.25) is 0 Å². The molecule has 2 aromatic rings. The molecule has 2 aromatic carbocycles. The minimum Gasteiger partial charge on any atom is -0.487 e. The van der Waals surface area contributed by atoms with Crippen LogP contribution in [0.4, 0.5) is 0 Å². The summed E-state index contributed by atoms with van der Waals surface area (Å²) in [5, 5.41) is 0. The molecule has 2 aliphatic heterocycles. The van der Waals surface area contributed by atoms with Crippen molar-refractivity contribution in [2.75, 3.05) is 20.6 Å². The van der Waals surface area contributed by atoms with Crippen LogP contribution in [0.5, 0.6) is 11.5 Å². The number of amides is 1. The van der Waals surface area contributed by atoms with Crippen molar-refractivity contribution in [2.24, 2.45) is 5.92 Å². The molecule has 0 unspecified atom stereocenters. The highest BCUT2D eigenvalue weighted by Gasteiger charge is 2.66. The van der Waals surface area contributed by atoms with Gasteiger partial charge >= 0.3 is 5.97 Å². The summed E-state index contributed by atoms with van der Waals surface area (Å²) in [6.07, 6.45) is 7.30. The molecule has 2 aliphatic carbocycles. The molecule has 1 saturated carbocycles. The molecule has 6 nitrogen and oxygen atoms in total. The number of rotatable bonds is 4. The van der Waals surface area contributed by atoms with Crippen molar-refractivity contribution in [1.29, 1.82) is 0 Å². The Bertz CT molecular complexity index is 1270. The molecule has 6 rings (SSSR count). The van der Waals surface area contributed by atoms with Gasteiger partial charge in [0.2, 0.25) is 5.91 Å². The summed E-state index contributed by atoms with van der Waals surface area (Å²) in [5.74, 6) is 1.73. The van der Waals surface area contributed by atoms with Gasteiger partial charge in [-0.2, -0.15) is 0 Å². The maximum Gasteiger partial charge on any atom is 0.308 e. The Kier molecular flexibility index (Phi) is 5.48. The molecule has 1 saturated heterocycles. The number of benzene rings is 2. The molecule has 6 heteroatoms. The highest BCUT2D eigenvalue weighted by Crippen LogP contribution is 2.63. The Morgan fingerprint density at radius 2 is 2.06 bits per heavy atom. The predicted molar refractivity (Wildman–Crippen MR) is 138 cm³/mol. The van der Waals surface area contributed by atoms with E-state index in [0.717, 1.165) is 49.1 Å². The first-order valence-corrected chi connectivity index (χ1v) is 13.0. The molecule has 1 spiro atoms. The summed E-state index contributed by atoms with van der Waals surface area (Å²) < 4.78 is 12.4. The predicted octanol–water partition coefficient (Wildman–Crippen LogP) is 4.13. The van der Waals surface area contributed by atoms with Crippen molar-refractivity contribution in [3.8, 4) is 11.5 Å². The molecule has 2 heterocycles. The Morgan fingerprint density at radius 1 is 1.22 bits per heavy atom. The lowest BCUT2D eigenvalue weighted by molar-refractivity contribution is -0.135. The Morgan fingerprint density at radius 3 is 2.83 bits per heavy atom. The molecule has 0 N–H and O–H groups in total. The van der Waals surface area contributed by atoms with E-state index >= 15 is 0 Å². The molecular weight excluding hydrogens is 452 g/mol. The summed E-state index contributed by atoms with van der Waals surface area (Å²) in [6.45, 7) is 4.51.